The van der Waals surface area contributed by atoms with Crippen LogP contribution in [0.2, 0.25) is 5.02 Å². The fourth-order valence-electron chi connectivity index (χ4n) is 2.75. The molecule has 156 valence electrons. The van der Waals surface area contributed by atoms with Crippen LogP contribution in [0.15, 0.2) is 46.3 Å². The van der Waals surface area contributed by atoms with Gasteiger partial charge >= 0.3 is 5.97 Å². The van der Waals surface area contributed by atoms with Crippen molar-refractivity contribution in [1.82, 2.24) is 4.90 Å². The topological polar surface area (TPSA) is 88.4 Å². The summed E-state index contributed by atoms with van der Waals surface area (Å²) in [6, 6.07) is 9.75. The first-order chi connectivity index (χ1) is 14.4. The standard InChI is InChI=1S/C21H19ClN2O5S/c1-4-24-19(26)17(11-12-9-15(22)18(25)16(10-12)28-2)30-21(24)23-14-7-5-13(6-8-14)20(27)29-3/h5-11,25H,4H2,1-3H3/b17-11+,23-21?. The molecule has 0 unspecified atom stereocenters. The molecule has 1 aliphatic rings. The predicted octanol–water partition coefficient (Wildman–Crippen LogP) is 4.46. The second-order valence-corrected chi connectivity index (χ2v) is 7.56. The van der Waals surface area contributed by atoms with Gasteiger partial charge in [0.2, 0.25) is 0 Å². The molecule has 0 aromatic heterocycles. The summed E-state index contributed by atoms with van der Waals surface area (Å²) in [6.45, 7) is 2.31. The Labute approximate surface area is 183 Å². The van der Waals surface area contributed by atoms with Gasteiger partial charge < -0.3 is 14.6 Å². The van der Waals surface area contributed by atoms with E-state index in [4.69, 9.17) is 16.3 Å². The average Bonchev–Trinajstić information content (AvgIpc) is 3.04. The average molecular weight is 447 g/mol. The number of aliphatic imine (C=N–C) groups is 1. The minimum absolute atomic E-state index is 0.128. The third-order valence-corrected chi connectivity index (χ3v) is 5.58. The van der Waals surface area contributed by atoms with Crippen LogP contribution < -0.4 is 4.74 Å². The number of aromatic hydroxyl groups is 1. The molecule has 9 heteroatoms. The second kappa shape index (κ2) is 9.23. The molecule has 1 amide bonds. The first-order valence-electron chi connectivity index (χ1n) is 8.93. The maximum atomic E-state index is 12.8. The minimum Gasteiger partial charge on any atom is -0.503 e. The number of methoxy groups -OCH3 is 2. The SMILES string of the molecule is CCN1C(=O)/C(=C\c2cc(Cl)c(O)c(OC)c2)SC1=Nc1ccc(C(=O)OC)cc1. The van der Waals surface area contributed by atoms with E-state index in [1.54, 1.807) is 47.4 Å². The van der Waals surface area contributed by atoms with Crippen LogP contribution in [-0.4, -0.2) is 47.8 Å². The van der Waals surface area contributed by atoms with Gasteiger partial charge in [-0.1, -0.05) is 11.6 Å². The van der Waals surface area contributed by atoms with Crippen molar-refractivity contribution in [3.05, 3.63) is 57.5 Å². The highest BCUT2D eigenvalue weighted by molar-refractivity contribution is 8.18. The molecule has 0 saturated carbocycles. The Hall–Kier alpha value is -2.97. The quantitative estimate of drug-likeness (QED) is 0.538. The first kappa shape index (κ1) is 21.7. The van der Waals surface area contributed by atoms with Crippen LogP contribution in [-0.2, 0) is 9.53 Å². The number of esters is 1. The van der Waals surface area contributed by atoms with E-state index in [2.05, 4.69) is 9.73 Å². The van der Waals surface area contributed by atoms with Crippen molar-refractivity contribution in [3.63, 3.8) is 0 Å². The second-order valence-electron chi connectivity index (χ2n) is 6.15. The zero-order valence-electron chi connectivity index (χ0n) is 16.5. The number of benzene rings is 2. The van der Waals surface area contributed by atoms with Gasteiger partial charge in [0.1, 0.15) is 0 Å². The Balaban J connectivity index is 1.91. The number of rotatable bonds is 5. The lowest BCUT2D eigenvalue weighted by Gasteiger charge is -2.12. The molecular weight excluding hydrogens is 428 g/mol. The van der Waals surface area contributed by atoms with Gasteiger partial charge in [-0.05, 0) is 66.7 Å². The molecule has 0 aliphatic carbocycles. The number of carbonyl (C=O) groups is 2. The van der Waals surface area contributed by atoms with Crippen molar-refractivity contribution >= 4 is 52.2 Å². The number of thioether (sulfide) groups is 1. The molecular formula is C21H19ClN2O5S. The molecule has 2 aromatic rings. The van der Waals surface area contributed by atoms with Crippen LogP contribution in [0.3, 0.4) is 0 Å². The van der Waals surface area contributed by atoms with Crippen LogP contribution in [0.4, 0.5) is 5.69 Å². The molecule has 1 N–H and O–H groups in total. The molecule has 2 aromatic carbocycles. The number of nitrogens with zero attached hydrogens (tertiary/aromatic N) is 2. The molecule has 0 bridgehead atoms. The summed E-state index contributed by atoms with van der Waals surface area (Å²) in [5.74, 6) is -0.546. The Kier molecular flexibility index (Phi) is 6.69. The van der Waals surface area contributed by atoms with E-state index >= 15 is 0 Å². The van der Waals surface area contributed by atoms with Crippen LogP contribution in [0.1, 0.15) is 22.8 Å². The molecule has 3 rings (SSSR count). The number of hydrogen-bond acceptors (Lipinski definition) is 7. The molecule has 1 aliphatic heterocycles. The smallest absolute Gasteiger partial charge is 0.337 e. The van der Waals surface area contributed by atoms with Gasteiger partial charge in [-0.3, -0.25) is 9.69 Å². The van der Waals surface area contributed by atoms with E-state index < -0.39 is 5.97 Å². The fourth-order valence-corrected chi connectivity index (χ4v) is 4.04. The lowest BCUT2D eigenvalue weighted by Crippen LogP contribution is -2.28. The number of halogens is 1. The highest BCUT2D eigenvalue weighted by Gasteiger charge is 2.32. The Bertz CT molecular complexity index is 1050. The number of hydrogen-bond donors (Lipinski definition) is 1. The van der Waals surface area contributed by atoms with Gasteiger partial charge in [0, 0.05) is 6.54 Å². The van der Waals surface area contributed by atoms with Gasteiger partial charge in [0.25, 0.3) is 5.91 Å². The predicted molar refractivity (Wildman–Crippen MR) is 118 cm³/mol. The Morgan fingerprint density at radius 1 is 1.27 bits per heavy atom. The van der Waals surface area contributed by atoms with E-state index in [1.807, 2.05) is 6.92 Å². The third-order valence-electron chi connectivity index (χ3n) is 4.29. The van der Waals surface area contributed by atoms with Crippen molar-refractivity contribution in [1.29, 1.82) is 0 Å². The van der Waals surface area contributed by atoms with Gasteiger partial charge in [0.15, 0.2) is 16.7 Å². The third kappa shape index (κ3) is 4.44. The molecule has 0 radical (unpaired) electrons. The molecule has 30 heavy (non-hydrogen) atoms. The zero-order chi connectivity index (χ0) is 21.8. The molecule has 1 heterocycles. The van der Waals surface area contributed by atoms with Gasteiger partial charge in [-0.25, -0.2) is 9.79 Å². The monoisotopic (exact) mass is 446 g/mol. The lowest BCUT2D eigenvalue weighted by molar-refractivity contribution is -0.122. The van der Waals surface area contributed by atoms with Crippen molar-refractivity contribution in [2.75, 3.05) is 20.8 Å². The summed E-state index contributed by atoms with van der Waals surface area (Å²) < 4.78 is 9.80. The maximum Gasteiger partial charge on any atom is 0.337 e. The van der Waals surface area contributed by atoms with E-state index in [9.17, 15) is 14.7 Å². The number of carbonyl (C=O) groups excluding carboxylic acids is 2. The van der Waals surface area contributed by atoms with Gasteiger partial charge in [0.05, 0.1) is 35.4 Å². The minimum atomic E-state index is -0.428. The van der Waals surface area contributed by atoms with Crippen LogP contribution in [0.5, 0.6) is 11.5 Å². The van der Waals surface area contributed by atoms with Crippen LogP contribution in [0, 0.1) is 0 Å². The van der Waals surface area contributed by atoms with E-state index in [0.717, 1.165) is 0 Å². The Morgan fingerprint density at radius 2 is 1.97 bits per heavy atom. The van der Waals surface area contributed by atoms with Crippen molar-refractivity contribution < 1.29 is 24.2 Å². The zero-order valence-corrected chi connectivity index (χ0v) is 18.1. The number of amides is 1. The highest BCUT2D eigenvalue weighted by atomic mass is 35.5. The van der Waals surface area contributed by atoms with Crippen LogP contribution >= 0.6 is 23.4 Å². The summed E-state index contributed by atoms with van der Waals surface area (Å²) in [5, 5.41) is 10.5. The summed E-state index contributed by atoms with van der Waals surface area (Å²) in [6.07, 6.45) is 1.67. The summed E-state index contributed by atoms with van der Waals surface area (Å²) >= 11 is 7.27. The fraction of sp³-hybridized carbons (Fsp3) is 0.190. The van der Waals surface area contributed by atoms with E-state index in [0.29, 0.717) is 33.4 Å². The first-order valence-corrected chi connectivity index (χ1v) is 10.1. The van der Waals surface area contributed by atoms with E-state index in [1.165, 1.54) is 26.0 Å². The summed E-state index contributed by atoms with van der Waals surface area (Å²) in [5.41, 5.74) is 1.64. The lowest BCUT2D eigenvalue weighted by atomic mass is 10.2. The van der Waals surface area contributed by atoms with Crippen LogP contribution in [0.25, 0.3) is 6.08 Å². The number of amidine groups is 1. The molecule has 1 saturated heterocycles. The molecule has 7 nitrogen and oxygen atoms in total. The van der Waals surface area contributed by atoms with Crippen molar-refractivity contribution in [3.8, 4) is 11.5 Å². The van der Waals surface area contributed by atoms with Gasteiger partial charge in [-0.15, -0.1) is 0 Å². The van der Waals surface area contributed by atoms with E-state index in [-0.39, 0.29) is 22.4 Å². The Morgan fingerprint density at radius 3 is 2.57 bits per heavy atom. The largest absolute Gasteiger partial charge is 0.503 e. The molecule has 1 fully saturated rings. The number of phenols is 1. The normalized spacial score (nSPS) is 16.4. The summed E-state index contributed by atoms with van der Waals surface area (Å²) in [4.78, 5) is 30.9. The van der Waals surface area contributed by atoms with Crippen molar-refractivity contribution in [2.45, 2.75) is 6.92 Å². The maximum absolute atomic E-state index is 12.8. The molecule has 0 spiro atoms. The van der Waals surface area contributed by atoms with Crippen molar-refractivity contribution in [2.24, 2.45) is 4.99 Å². The number of phenolic OH excluding ortho intramolecular Hbond substituents is 1. The molecule has 0 atom stereocenters. The summed E-state index contributed by atoms with van der Waals surface area (Å²) in [7, 11) is 2.74. The number of likely N-dealkylation sites (N-methyl/N-ethyl adjacent to an activating group) is 1. The number of ether oxygens (including phenoxy) is 2. The van der Waals surface area contributed by atoms with Gasteiger partial charge in [-0.2, -0.15) is 0 Å². The highest BCUT2D eigenvalue weighted by Crippen LogP contribution is 2.38.